The molecule has 0 amide bonds. The number of hydrogen-bond donors (Lipinski definition) is 0. The molecule has 0 radical (unpaired) electrons. The summed E-state index contributed by atoms with van der Waals surface area (Å²) >= 11 is 0. The number of fused-ring (bicyclic) bond motifs is 6. The maximum absolute atomic E-state index is 7.15. The molecule has 0 unspecified atom stereocenters. The lowest BCUT2D eigenvalue weighted by Gasteiger charge is -2.31. The number of nitrogens with zero attached hydrogens (tertiary/aromatic N) is 2. The van der Waals surface area contributed by atoms with Gasteiger partial charge >= 0.3 is 0 Å². The lowest BCUT2D eigenvalue weighted by molar-refractivity contribution is 0.493. The number of ether oxygens (including phenoxy) is 1. The minimum absolute atomic E-state index is 0.812. The van der Waals surface area contributed by atoms with Crippen molar-refractivity contribution in [3.05, 3.63) is 218 Å². The fourth-order valence-electron chi connectivity index (χ4n) is 10.4. The van der Waals surface area contributed by atoms with Crippen molar-refractivity contribution in [2.75, 3.05) is 9.80 Å². The van der Waals surface area contributed by atoms with Gasteiger partial charge < -0.3 is 23.4 Å². The predicted molar refractivity (Wildman–Crippen MR) is 268 cm³/mol. The second-order valence-corrected chi connectivity index (χ2v) is 16.8. The molecule has 0 saturated heterocycles. The van der Waals surface area contributed by atoms with E-state index in [1.165, 1.54) is 5.39 Å². The minimum atomic E-state index is 0.812. The zero-order valence-corrected chi connectivity index (χ0v) is 34.9. The Labute approximate surface area is 373 Å². The topological polar surface area (TPSA) is 42.0 Å². The van der Waals surface area contributed by atoms with Crippen LogP contribution in [0.2, 0.25) is 0 Å². The lowest BCUT2D eigenvalue weighted by Crippen LogP contribution is -2.13. The van der Waals surface area contributed by atoms with E-state index in [0.29, 0.717) is 0 Å². The van der Waals surface area contributed by atoms with Crippen LogP contribution in [0.4, 0.5) is 34.1 Å². The molecule has 0 N–H and O–H groups in total. The second kappa shape index (κ2) is 13.9. The summed E-state index contributed by atoms with van der Waals surface area (Å²) in [6.07, 6.45) is 0. The number of furan rings is 2. The van der Waals surface area contributed by atoms with E-state index in [2.05, 4.69) is 210 Å². The van der Waals surface area contributed by atoms with E-state index in [1.54, 1.807) is 0 Å². The smallest absolute Gasteiger partial charge is 0.159 e. The van der Waals surface area contributed by atoms with Crippen LogP contribution < -0.4 is 14.5 Å². The standard InChI is InChI=1S/C60H36N2O3/c1-3-16-37(17-4-1)42-20-7-10-26-48(42)62(50-28-14-24-46-44-22-9-12-30-53(44)65-60(46)50)51-35-39-33-32-38-34-41(36-55-56(38)57(39)58-47(51)25-15-31-54(58)63-55)61(40-18-5-2-6-19-40)49-27-13-23-45-43-21-8-11-29-52(43)64-59(45)49/h1-36H. The van der Waals surface area contributed by atoms with Crippen molar-refractivity contribution in [3.8, 4) is 22.6 Å². The Morgan fingerprint density at radius 2 is 0.862 bits per heavy atom. The third-order valence-corrected chi connectivity index (χ3v) is 13.2. The quantitative estimate of drug-likeness (QED) is 0.150. The van der Waals surface area contributed by atoms with Gasteiger partial charge in [0.25, 0.3) is 0 Å². The SMILES string of the molecule is c1ccc(-c2ccccc2N(c2cc3ccc4cc(N(c5ccccc5)c5cccc6c5oc5ccccc56)cc5c4c3c3c(cccc23)O5)c2cccc3c2oc2ccccc23)cc1. The molecule has 0 saturated carbocycles. The maximum Gasteiger partial charge on any atom is 0.159 e. The van der Waals surface area contributed by atoms with Gasteiger partial charge in [0.15, 0.2) is 11.2 Å². The average Bonchev–Trinajstić information content (AvgIpc) is 3.95. The van der Waals surface area contributed by atoms with Gasteiger partial charge in [0, 0.05) is 60.4 Å². The van der Waals surface area contributed by atoms with Crippen molar-refractivity contribution in [1.29, 1.82) is 0 Å². The zero-order valence-electron chi connectivity index (χ0n) is 34.9. The number of anilines is 6. The van der Waals surface area contributed by atoms with Crippen molar-refractivity contribution in [2.24, 2.45) is 0 Å². The largest absolute Gasteiger partial charge is 0.456 e. The second-order valence-electron chi connectivity index (χ2n) is 16.8. The molecule has 13 aromatic rings. The number of benzene rings is 11. The van der Waals surface area contributed by atoms with Gasteiger partial charge in [0.2, 0.25) is 0 Å². The normalized spacial score (nSPS) is 12.1. The van der Waals surface area contributed by atoms with Gasteiger partial charge in [-0.1, -0.05) is 152 Å². The highest BCUT2D eigenvalue weighted by molar-refractivity contribution is 6.29. The highest BCUT2D eigenvalue weighted by Crippen LogP contribution is 2.55. The summed E-state index contributed by atoms with van der Waals surface area (Å²) in [5.74, 6) is 1.63. The molecule has 0 fully saturated rings. The van der Waals surface area contributed by atoms with E-state index < -0.39 is 0 Å². The van der Waals surface area contributed by atoms with Crippen LogP contribution in [0.15, 0.2) is 227 Å². The van der Waals surface area contributed by atoms with Gasteiger partial charge in [-0.15, -0.1) is 0 Å². The zero-order chi connectivity index (χ0) is 42.6. The van der Waals surface area contributed by atoms with E-state index in [4.69, 9.17) is 13.6 Å². The highest BCUT2D eigenvalue weighted by atomic mass is 16.5. The average molecular weight is 833 g/mol. The summed E-state index contributed by atoms with van der Waals surface area (Å²) in [5, 5.41) is 11.0. The number of hydrogen-bond acceptors (Lipinski definition) is 5. The number of rotatable bonds is 7. The molecule has 14 rings (SSSR count). The van der Waals surface area contributed by atoms with Gasteiger partial charge in [-0.25, -0.2) is 0 Å². The summed E-state index contributed by atoms with van der Waals surface area (Å²) in [7, 11) is 0. The highest BCUT2D eigenvalue weighted by Gasteiger charge is 2.29. The molecule has 304 valence electrons. The van der Waals surface area contributed by atoms with Crippen LogP contribution in [0.3, 0.4) is 0 Å². The third kappa shape index (κ3) is 5.33. The van der Waals surface area contributed by atoms with Crippen LogP contribution in [0.25, 0.3) is 87.3 Å². The molecule has 11 aromatic carbocycles. The van der Waals surface area contributed by atoms with E-state index in [1.807, 2.05) is 18.2 Å². The molecule has 3 heterocycles. The first kappa shape index (κ1) is 35.8. The fourth-order valence-corrected chi connectivity index (χ4v) is 10.4. The molecule has 1 aliphatic rings. The van der Waals surface area contributed by atoms with E-state index in [0.717, 1.165) is 128 Å². The predicted octanol–water partition coefficient (Wildman–Crippen LogP) is 17.7. The molecule has 5 nitrogen and oxygen atoms in total. The summed E-state index contributed by atoms with van der Waals surface area (Å²) in [6.45, 7) is 0. The van der Waals surface area contributed by atoms with Crippen molar-refractivity contribution in [3.63, 3.8) is 0 Å². The molecule has 5 heteroatoms. The Morgan fingerprint density at radius 3 is 1.58 bits per heavy atom. The van der Waals surface area contributed by atoms with Crippen LogP contribution in [0.1, 0.15) is 0 Å². The van der Waals surface area contributed by atoms with Gasteiger partial charge in [-0.2, -0.15) is 0 Å². The van der Waals surface area contributed by atoms with Crippen molar-refractivity contribution >= 4 is 110 Å². The van der Waals surface area contributed by atoms with Crippen LogP contribution in [-0.2, 0) is 0 Å². The summed E-state index contributed by atoms with van der Waals surface area (Å²) in [6, 6.07) is 77.0. The minimum Gasteiger partial charge on any atom is -0.456 e. The Hall–Kier alpha value is -8.80. The van der Waals surface area contributed by atoms with Crippen molar-refractivity contribution in [2.45, 2.75) is 0 Å². The Morgan fingerprint density at radius 1 is 0.308 bits per heavy atom. The molecule has 1 aliphatic heterocycles. The van der Waals surface area contributed by atoms with Gasteiger partial charge in [-0.3, -0.25) is 0 Å². The fraction of sp³-hybridized carbons (Fsp3) is 0. The maximum atomic E-state index is 7.15. The molecule has 0 aliphatic carbocycles. The molecule has 0 atom stereocenters. The van der Waals surface area contributed by atoms with Crippen LogP contribution in [-0.4, -0.2) is 0 Å². The first-order valence-electron chi connectivity index (χ1n) is 22.0. The van der Waals surface area contributed by atoms with Gasteiger partial charge in [-0.05, 0) is 77.0 Å². The Bertz CT molecular complexity index is 4060. The lowest BCUT2D eigenvalue weighted by atomic mass is 9.91. The molecule has 65 heavy (non-hydrogen) atoms. The van der Waals surface area contributed by atoms with E-state index >= 15 is 0 Å². The monoisotopic (exact) mass is 832 g/mol. The molecule has 0 spiro atoms. The third-order valence-electron chi connectivity index (χ3n) is 13.2. The Balaban J connectivity index is 1.02. The van der Waals surface area contributed by atoms with Crippen LogP contribution in [0.5, 0.6) is 11.5 Å². The van der Waals surface area contributed by atoms with Crippen molar-refractivity contribution < 1.29 is 13.6 Å². The van der Waals surface area contributed by atoms with E-state index in [9.17, 15) is 0 Å². The first-order chi connectivity index (χ1) is 32.2. The molecule has 2 aromatic heterocycles. The molecular weight excluding hydrogens is 797 g/mol. The van der Waals surface area contributed by atoms with E-state index in [-0.39, 0.29) is 0 Å². The van der Waals surface area contributed by atoms with Gasteiger partial charge in [0.05, 0.1) is 28.4 Å². The first-order valence-corrected chi connectivity index (χ1v) is 22.0. The Kier molecular flexibility index (Phi) is 7.62. The van der Waals surface area contributed by atoms with Gasteiger partial charge in [0.1, 0.15) is 22.7 Å². The summed E-state index contributed by atoms with van der Waals surface area (Å²) in [5.41, 5.74) is 11.6. The summed E-state index contributed by atoms with van der Waals surface area (Å²) < 4.78 is 20.6. The van der Waals surface area contributed by atoms with Crippen LogP contribution in [0, 0.1) is 0 Å². The number of para-hydroxylation sites is 6. The molecular formula is C60H36N2O3. The van der Waals surface area contributed by atoms with Crippen LogP contribution >= 0.6 is 0 Å². The van der Waals surface area contributed by atoms with Crippen molar-refractivity contribution in [1.82, 2.24) is 0 Å². The summed E-state index contributed by atoms with van der Waals surface area (Å²) in [4.78, 5) is 4.68. The molecule has 0 bridgehead atoms.